The monoisotopic (exact) mass is 410 g/mol. The molecule has 9 heteroatoms. The average molecular weight is 411 g/mol. The first kappa shape index (κ1) is 19.8. The van der Waals surface area contributed by atoms with Crippen molar-refractivity contribution in [3.63, 3.8) is 0 Å². The van der Waals surface area contributed by atoms with Crippen molar-refractivity contribution in [3.8, 4) is 11.1 Å². The Morgan fingerprint density at radius 3 is 2.56 bits per heavy atom. The first-order chi connectivity index (χ1) is 12.8. The number of carbonyl (C=O) groups excluding carboxylic acids is 1. The Bertz CT molecular complexity index is 948. The van der Waals surface area contributed by atoms with Crippen molar-refractivity contribution < 1.29 is 23.2 Å². The van der Waals surface area contributed by atoms with Crippen LogP contribution in [-0.4, -0.2) is 43.4 Å². The van der Waals surface area contributed by atoms with Gasteiger partial charge in [-0.3, -0.25) is 0 Å². The van der Waals surface area contributed by atoms with Gasteiger partial charge in [0.2, 0.25) is 0 Å². The largest absolute Gasteiger partial charge is 0.376 e. The Labute approximate surface area is 162 Å². The lowest BCUT2D eigenvalue weighted by Crippen LogP contribution is -2.63. The van der Waals surface area contributed by atoms with Crippen LogP contribution >= 0.6 is 11.6 Å². The Kier molecular flexibility index (Phi) is 5.55. The van der Waals surface area contributed by atoms with E-state index >= 15 is 0 Å². The summed E-state index contributed by atoms with van der Waals surface area (Å²) in [5.41, 5.74) is -0.618. The number of rotatable bonds is 4. The van der Waals surface area contributed by atoms with Crippen molar-refractivity contribution in [2.24, 2.45) is 5.90 Å². The molecular formula is C18H19ClN2O5S. The molecule has 2 aromatic rings. The van der Waals surface area contributed by atoms with Crippen LogP contribution in [0.1, 0.15) is 6.42 Å². The van der Waals surface area contributed by atoms with E-state index in [9.17, 15) is 18.3 Å². The summed E-state index contributed by atoms with van der Waals surface area (Å²) in [6.07, 6.45) is 0.0456. The van der Waals surface area contributed by atoms with Crippen LogP contribution in [0.3, 0.4) is 0 Å². The van der Waals surface area contributed by atoms with Gasteiger partial charge in [0.05, 0.1) is 4.90 Å². The zero-order valence-corrected chi connectivity index (χ0v) is 15.8. The number of aliphatic hydroxyl groups is 1. The summed E-state index contributed by atoms with van der Waals surface area (Å²) in [4.78, 5) is 16.1. The minimum absolute atomic E-state index is 0.00317. The zero-order valence-electron chi connectivity index (χ0n) is 14.3. The SMILES string of the molecule is NOC(=O)C1(O)CNCCC1S(=O)(=O)c1ccc(-c2cccc(Cl)c2)cc1. The molecule has 0 saturated carbocycles. The first-order valence-corrected chi connectivity index (χ1v) is 10.2. The molecule has 27 heavy (non-hydrogen) atoms. The maximum atomic E-state index is 13.1. The zero-order chi connectivity index (χ0) is 19.7. The number of carbonyl (C=O) groups is 1. The van der Waals surface area contributed by atoms with Gasteiger partial charge in [-0.05, 0) is 48.4 Å². The lowest BCUT2D eigenvalue weighted by Gasteiger charge is -2.36. The van der Waals surface area contributed by atoms with Gasteiger partial charge in [-0.15, -0.1) is 0 Å². The molecule has 0 aliphatic carbocycles. The molecule has 7 nitrogen and oxygen atoms in total. The highest BCUT2D eigenvalue weighted by atomic mass is 35.5. The molecule has 1 aliphatic heterocycles. The fourth-order valence-electron chi connectivity index (χ4n) is 3.25. The van der Waals surface area contributed by atoms with Gasteiger partial charge in [0.1, 0.15) is 5.25 Å². The first-order valence-electron chi connectivity index (χ1n) is 8.23. The van der Waals surface area contributed by atoms with E-state index in [-0.39, 0.29) is 17.9 Å². The molecule has 0 amide bonds. The second kappa shape index (κ2) is 7.57. The van der Waals surface area contributed by atoms with E-state index in [0.29, 0.717) is 11.6 Å². The highest BCUT2D eigenvalue weighted by molar-refractivity contribution is 7.92. The summed E-state index contributed by atoms with van der Waals surface area (Å²) in [7, 11) is -4.00. The molecule has 1 heterocycles. The van der Waals surface area contributed by atoms with Crippen LogP contribution in [0.15, 0.2) is 53.4 Å². The van der Waals surface area contributed by atoms with Crippen LogP contribution < -0.4 is 11.2 Å². The fourth-order valence-corrected chi connectivity index (χ4v) is 5.41. The van der Waals surface area contributed by atoms with Gasteiger partial charge < -0.3 is 15.3 Å². The Hall–Kier alpha value is -1.97. The maximum absolute atomic E-state index is 13.1. The average Bonchev–Trinajstić information content (AvgIpc) is 2.67. The lowest BCUT2D eigenvalue weighted by atomic mass is 9.94. The number of benzene rings is 2. The van der Waals surface area contributed by atoms with Crippen LogP contribution in [0, 0.1) is 0 Å². The van der Waals surface area contributed by atoms with E-state index in [4.69, 9.17) is 17.5 Å². The summed E-state index contributed by atoms with van der Waals surface area (Å²) in [5, 5.41) is 12.7. The number of nitrogens with one attached hydrogen (secondary N) is 1. The molecule has 0 spiro atoms. The van der Waals surface area contributed by atoms with E-state index in [2.05, 4.69) is 10.2 Å². The fraction of sp³-hybridized carbons (Fsp3) is 0.278. The molecule has 4 N–H and O–H groups in total. The van der Waals surface area contributed by atoms with E-state index < -0.39 is 26.7 Å². The van der Waals surface area contributed by atoms with Gasteiger partial charge in [0.25, 0.3) is 0 Å². The third-order valence-electron chi connectivity index (χ3n) is 4.69. The van der Waals surface area contributed by atoms with Gasteiger partial charge >= 0.3 is 5.97 Å². The molecule has 0 aromatic heterocycles. The normalized spacial score (nSPS) is 23.0. The molecule has 0 radical (unpaired) electrons. The highest BCUT2D eigenvalue weighted by Gasteiger charge is 2.53. The molecule has 3 rings (SSSR count). The number of β-amino-alcohol motifs (C(OH)–C–C–N with tert-alkyl or cyclic N) is 1. The van der Waals surface area contributed by atoms with E-state index in [1.807, 2.05) is 6.07 Å². The third-order valence-corrected chi connectivity index (χ3v) is 7.23. The van der Waals surface area contributed by atoms with E-state index in [1.54, 1.807) is 30.3 Å². The van der Waals surface area contributed by atoms with Crippen molar-refractivity contribution in [1.29, 1.82) is 0 Å². The minimum atomic E-state index is -4.00. The summed E-state index contributed by atoms with van der Waals surface area (Å²) < 4.78 is 26.1. The number of sulfone groups is 1. The Balaban J connectivity index is 1.95. The summed E-state index contributed by atoms with van der Waals surface area (Å²) in [6, 6.07) is 13.4. The Morgan fingerprint density at radius 2 is 1.93 bits per heavy atom. The van der Waals surface area contributed by atoms with Gasteiger partial charge in [0.15, 0.2) is 15.4 Å². The summed E-state index contributed by atoms with van der Waals surface area (Å²) in [5.74, 6) is 3.70. The maximum Gasteiger partial charge on any atom is 0.359 e. The van der Waals surface area contributed by atoms with Gasteiger partial charge in [-0.25, -0.2) is 13.2 Å². The molecular weight excluding hydrogens is 392 g/mol. The Morgan fingerprint density at radius 1 is 1.22 bits per heavy atom. The minimum Gasteiger partial charge on any atom is -0.376 e. The second-order valence-electron chi connectivity index (χ2n) is 6.36. The van der Waals surface area contributed by atoms with Crippen LogP contribution in [-0.2, 0) is 19.5 Å². The van der Waals surface area contributed by atoms with Gasteiger partial charge in [-0.2, -0.15) is 5.90 Å². The predicted molar refractivity (Wildman–Crippen MR) is 101 cm³/mol. The molecule has 1 aliphatic rings. The number of nitrogens with two attached hydrogens (primary N) is 1. The van der Waals surface area contributed by atoms with Crippen molar-refractivity contribution in [3.05, 3.63) is 53.6 Å². The number of hydrogen-bond donors (Lipinski definition) is 3. The van der Waals surface area contributed by atoms with Crippen molar-refractivity contribution in [2.45, 2.75) is 22.2 Å². The predicted octanol–water partition coefficient (Wildman–Crippen LogP) is 1.29. The van der Waals surface area contributed by atoms with Gasteiger partial charge in [0, 0.05) is 11.6 Å². The number of piperidine rings is 1. The van der Waals surface area contributed by atoms with Crippen molar-refractivity contribution in [1.82, 2.24) is 5.32 Å². The summed E-state index contributed by atoms with van der Waals surface area (Å²) >= 11 is 5.99. The van der Waals surface area contributed by atoms with Crippen molar-refractivity contribution in [2.75, 3.05) is 13.1 Å². The molecule has 0 bridgehead atoms. The van der Waals surface area contributed by atoms with Crippen LogP contribution in [0.4, 0.5) is 0 Å². The van der Waals surface area contributed by atoms with Crippen LogP contribution in [0.2, 0.25) is 5.02 Å². The van der Waals surface area contributed by atoms with Gasteiger partial charge in [-0.1, -0.05) is 35.9 Å². The molecule has 144 valence electrons. The van der Waals surface area contributed by atoms with E-state index in [0.717, 1.165) is 11.1 Å². The third kappa shape index (κ3) is 3.71. The highest BCUT2D eigenvalue weighted by Crippen LogP contribution is 2.31. The van der Waals surface area contributed by atoms with Crippen molar-refractivity contribution >= 4 is 27.4 Å². The standard InChI is InChI=1S/C18H19ClN2O5S/c19-14-3-1-2-13(10-14)12-4-6-15(7-5-12)27(24,25)16-8-9-21-11-18(16,23)17(22)26-20/h1-7,10,16,21,23H,8-9,11,20H2. The molecule has 2 aromatic carbocycles. The molecule has 2 atom stereocenters. The topological polar surface area (TPSA) is 119 Å². The van der Waals surface area contributed by atoms with Crippen LogP contribution in [0.5, 0.6) is 0 Å². The molecule has 1 fully saturated rings. The second-order valence-corrected chi connectivity index (χ2v) is 8.93. The van der Waals surface area contributed by atoms with E-state index in [1.165, 1.54) is 12.1 Å². The summed E-state index contributed by atoms with van der Waals surface area (Å²) in [6.45, 7) is 0.0815. The van der Waals surface area contributed by atoms with Crippen LogP contribution in [0.25, 0.3) is 11.1 Å². The molecule has 2 unspecified atom stereocenters. The lowest BCUT2D eigenvalue weighted by molar-refractivity contribution is -0.167. The number of halogens is 1. The molecule has 1 saturated heterocycles. The smallest absolute Gasteiger partial charge is 0.359 e. The number of hydrogen-bond acceptors (Lipinski definition) is 7. The quantitative estimate of drug-likeness (QED) is 0.650.